The molecule has 19 heavy (non-hydrogen) atoms. The van der Waals surface area contributed by atoms with E-state index in [0.29, 0.717) is 5.89 Å². The van der Waals surface area contributed by atoms with Crippen LogP contribution in [0.3, 0.4) is 0 Å². The van der Waals surface area contributed by atoms with Crippen LogP contribution in [0.5, 0.6) is 0 Å². The molecule has 0 aliphatic heterocycles. The highest BCUT2D eigenvalue weighted by atomic mass is 16.3. The molecule has 2 N–H and O–H groups in total. The smallest absolute Gasteiger partial charge is 0.227 e. The quantitative estimate of drug-likeness (QED) is 0.702. The molecule has 0 aliphatic rings. The van der Waals surface area contributed by atoms with E-state index >= 15 is 0 Å². The molecule has 3 heteroatoms. The van der Waals surface area contributed by atoms with E-state index in [9.17, 15) is 0 Å². The van der Waals surface area contributed by atoms with E-state index in [0.717, 1.165) is 34.3 Å². The van der Waals surface area contributed by atoms with Gasteiger partial charge in [-0.1, -0.05) is 24.6 Å². The second kappa shape index (κ2) is 4.43. The molecule has 1 aromatic heterocycles. The number of nitrogen functional groups attached to an aromatic ring is 1. The van der Waals surface area contributed by atoms with Crippen LogP contribution in [-0.4, -0.2) is 4.98 Å². The maximum atomic E-state index is 5.90. The average molecular weight is 252 g/mol. The van der Waals surface area contributed by atoms with Gasteiger partial charge in [0.25, 0.3) is 0 Å². The van der Waals surface area contributed by atoms with Crippen molar-refractivity contribution >= 4 is 16.8 Å². The van der Waals surface area contributed by atoms with E-state index in [1.807, 2.05) is 24.3 Å². The molecule has 0 saturated heterocycles. The van der Waals surface area contributed by atoms with Crippen molar-refractivity contribution in [2.45, 2.75) is 20.3 Å². The van der Waals surface area contributed by atoms with Crippen molar-refractivity contribution in [3.8, 4) is 11.5 Å². The largest absolute Gasteiger partial charge is 0.436 e. The zero-order valence-electron chi connectivity index (χ0n) is 11.1. The molecular weight excluding hydrogens is 236 g/mol. The highest BCUT2D eigenvalue weighted by molar-refractivity contribution is 5.82. The van der Waals surface area contributed by atoms with Crippen LogP contribution in [-0.2, 0) is 6.42 Å². The first-order chi connectivity index (χ1) is 9.17. The van der Waals surface area contributed by atoms with Gasteiger partial charge < -0.3 is 10.2 Å². The van der Waals surface area contributed by atoms with Crippen molar-refractivity contribution < 1.29 is 4.42 Å². The molecule has 0 saturated carbocycles. The highest BCUT2D eigenvalue weighted by Gasteiger charge is 2.11. The molecular formula is C16H16N2O. The molecule has 96 valence electrons. The number of nitrogens with two attached hydrogens (primary N) is 1. The third-order valence-electron chi connectivity index (χ3n) is 3.27. The molecule has 0 atom stereocenters. The SMILES string of the molecule is CCc1cc(N)cc2nc(-c3ccc(C)cc3)oc12. The number of rotatable bonds is 2. The van der Waals surface area contributed by atoms with Crippen molar-refractivity contribution in [3.63, 3.8) is 0 Å². The first kappa shape index (κ1) is 11.8. The molecule has 0 spiro atoms. The van der Waals surface area contributed by atoms with Crippen LogP contribution in [0.4, 0.5) is 5.69 Å². The molecule has 0 aliphatic carbocycles. The Kier molecular flexibility index (Phi) is 2.75. The van der Waals surface area contributed by atoms with Gasteiger partial charge in [0.1, 0.15) is 5.52 Å². The van der Waals surface area contributed by atoms with Gasteiger partial charge in [0.15, 0.2) is 5.58 Å². The number of fused-ring (bicyclic) bond motifs is 1. The summed E-state index contributed by atoms with van der Waals surface area (Å²) in [6, 6.07) is 12.0. The van der Waals surface area contributed by atoms with Crippen molar-refractivity contribution in [2.75, 3.05) is 5.73 Å². The van der Waals surface area contributed by atoms with Crippen molar-refractivity contribution in [3.05, 3.63) is 47.5 Å². The fraction of sp³-hybridized carbons (Fsp3) is 0.188. The normalized spacial score (nSPS) is 11.1. The number of oxazole rings is 1. The summed E-state index contributed by atoms with van der Waals surface area (Å²) in [5, 5.41) is 0. The maximum Gasteiger partial charge on any atom is 0.227 e. The Bertz CT molecular complexity index is 726. The van der Waals surface area contributed by atoms with Crippen molar-refractivity contribution in [1.82, 2.24) is 4.98 Å². The van der Waals surface area contributed by atoms with E-state index in [1.165, 1.54) is 5.56 Å². The highest BCUT2D eigenvalue weighted by Crippen LogP contribution is 2.28. The number of nitrogens with zero attached hydrogens (tertiary/aromatic N) is 1. The molecule has 0 fully saturated rings. The Hall–Kier alpha value is -2.29. The standard InChI is InChI=1S/C16H16N2O/c1-3-11-8-13(17)9-14-15(11)19-16(18-14)12-6-4-10(2)5-7-12/h4-9H,3,17H2,1-2H3. The minimum atomic E-state index is 0.648. The van der Waals surface area contributed by atoms with Gasteiger partial charge in [-0.15, -0.1) is 0 Å². The van der Waals surface area contributed by atoms with Gasteiger partial charge in [-0.25, -0.2) is 4.98 Å². The van der Waals surface area contributed by atoms with E-state index < -0.39 is 0 Å². The lowest BCUT2D eigenvalue weighted by molar-refractivity contribution is 0.615. The summed E-state index contributed by atoms with van der Waals surface area (Å²) in [6.45, 7) is 4.15. The Morgan fingerprint density at radius 3 is 2.58 bits per heavy atom. The summed E-state index contributed by atoms with van der Waals surface area (Å²) >= 11 is 0. The second-order valence-electron chi connectivity index (χ2n) is 4.77. The Morgan fingerprint density at radius 1 is 1.16 bits per heavy atom. The van der Waals surface area contributed by atoms with Gasteiger partial charge in [0, 0.05) is 11.3 Å². The molecule has 2 aromatic carbocycles. The topological polar surface area (TPSA) is 52.0 Å². The van der Waals surface area contributed by atoms with Gasteiger partial charge in [-0.05, 0) is 43.2 Å². The molecule has 3 aromatic rings. The first-order valence-electron chi connectivity index (χ1n) is 6.43. The Balaban J connectivity index is 2.18. The number of benzene rings is 2. The summed E-state index contributed by atoms with van der Waals surface area (Å²) < 4.78 is 5.90. The summed E-state index contributed by atoms with van der Waals surface area (Å²) in [5.74, 6) is 0.648. The summed E-state index contributed by atoms with van der Waals surface area (Å²) in [5.41, 5.74) is 11.6. The lowest BCUT2D eigenvalue weighted by Crippen LogP contribution is -1.88. The van der Waals surface area contributed by atoms with Crippen molar-refractivity contribution in [2.24, 2.45) is 0 Å². The molecule has 0 radical (unpaired) electrons. The third-order valence-corrected chi connectivity index (χ3v) is 3.27. The molecule has 0 unspecified atom stereocenters. The van der Waals surface area contributed by atoms with Crippen LogP contribution in [0.15, 0.2) is 40.8 Å². The van der Waals surface area contributed by atoms with Crippen LogP contribution in [0, 0.1) is 6.92 Å². The fourth-order valence-corrected chi connectivity index (χ4v) is 2.21. The number of aryl methyl sites for hydroxylation is 2. The zero-order chi connectivity index (χ0) is 13.4. The van der Waals surface area contributed by atoms with Gasteiger partial charge in [0.05, 0.1) is 0 Å². The fourth-order valence-electron chi connectivity index (χ4n) is 2.21. The van der Waals surface area contributed by atoms with Crippen LogP contribution in [0.25, 0.3) is 22.6 Å². The molecule has 3 rings (SSSR count). The number of hydrogen-bond acceptors (Lipinski definition) is 3. The lowest BCUT2D eigenvalue weighted by Gasteiger charge is -1.99. The van der Waals surface area contributed by atoms with E-state index in [4.69, 9.17) is 10.2 Å². The van der Waals surface area contributed by atoms with Gasteiger partial charge in [0.2, 0.25) is 5.89 Å². The molecule has 0 amide bonds. The predicted molar refractivity (Wildman–Crippen MR) is 78.0 cm³/mol. The summed E-state index contributed by atoms with van der Waals surface area (Å²) in [4.78, 5) is 4.54. The number of anilines is 1. The minimum absolute atomic E-state index is 0.648. The predicted octanol–water partition coefficient (Wildman–Crippen LogP) is 3.95. The molecule has 3 nitrogen and oxygen atoms in total. The first-order valence-corrected chi connectivity index (χ1v) is 6.43. The molecule has 0 bridgehead atoms. The van der Waals surface area contributed by atoms with E-state index in [-0.39, 0.29) is 0 Å². The Labute approximate surface area is 112 Å². The average Bonchev–Trinajstić information content (AvgIpc) is 2.82. The monoisotopic (exact) mass is 252 g/mol. The number of hydrogen-bond donors (Lipinski definition) is 1. The third kappa shape index (κ3) is 2.08. The minimum Gasteiger partial charge on any atom is -0.436 e. The zero-order valence-corrected chi connectivity index (χ0v) is 11.1. The summed E-state index contributed by atoms with van der Waals surface area (Å²) in [7, 11) is 0. The van der Waals surface area contributed by atoms with Crippen LogP contribution in [0.1, 0.15) is 18.1 Å². The van der Waals surface area contributed by atoms with Gasteiger partial charge in [-0.3, -0.25) is 0 Å². The number of aromatic nitrogens is 1. The van der Waals surface area contributed by atoms with E-state index in [1.54, 1.807) is 0 Å². The van der Waals surface area contributed by atoms with E-state index in [2.05, 4.69) is 31.0 Å². The maximum absolute atomic E-state index is 5.90. The van der Waals surface area contributed by atoms with Crippen LogP contribution >= 0.6 is 0 Å². The Morgan fingerprint density at radius 2 is 1.89 bits per heavy atom. The van der Waals surface area contributed by atoms with Gasteiger partial charge >= 0.3 is 0 Å². The summed E-state index contributed by atoms with van der Waals surface area (Å²) in [6.07, 6.45) is 0.879. The molecule has 1 heterocycles. The van der Waals surface area contributed by atoms with Crippen molar-refractivity contribution in [1.29, 1.82) is 0 Å². The lowest BCUT2D eigenvalue weighted by atomic mass is 10.1. The second-order valence-corrected chi connectivity index (χ2v) is 4.77. The van der Waals surface area contributed by atoms with Gasteiger partial charge in [-0.2, -0.15) is 0 Å². The van der Waals surface area contributed by atoms with Crippen LogP contribution < -0.4 is 5.73 Å². The van der Waals surface area contributed by atoms with Crippen LogP contribution in [0.2, 0.25) is 0 Å².